The van der Waals surface area contributed by atoms with Crippen molar-refractivity contribution in [2.45, 2.75) is 33.2 Å². The van der Waals surface area contributed by atoms with E-state index in [1.807, 2.05) is 18.2 Å². The Kier molecular flexibility index (Phi) is 10.4. The Morgan fingerprint density at radius 1 is 1.20 bits per heavy atom. The SMILES string of the molecule is CCNC(=NCCOc1ccccc1C(C)C)N1CCN(Cc2ccon2)CC1.I. The van der Waals surface area contributed by atoms with Gasteiger partial charge in [0.15, 0.2) is 5.96 Å². The lowest BCUT2D eigenvalue weighted by Crippen LogP contribution is -2.52. The summed E-state index contributed by atoms with van der Waals surface area (Å²) >= 11 is 0. The normalized spacial score (nSPS) is 15.2. The molecule has 7 nitrogen and oxygen atoms in total. The standard InChI is InChI=1S/C22H33N5O2.HI/c1-4-23-22(24-10-16-28-21-8-6-5-7-20(21)18(2)3)27-13-11-26(12-14-27)17-19-9-15-29-25-19;/h5-9,15,18H,4,10-14,16-17H2,1-3H3,(H,23,24);1H. The molecule has 0 amide bonds. The first kappa shape index (κ1) is 24.5. The van der Waals surface area contributed by atoms with Gasteiger partial charge in [0, 0.05) is 45.3 Å². The number of hydrogen-bond donors (Lipinski definition) is 1. The van der Waals surface area contributed by atoms with Crippen molar-refractivity contribution in [3.8, 4) is 5.75 Å². The molecule has 0 radical (unpaired) electrons. The highest BCUT2D eigenvalue weighted by Gasteiger charge is 2.20. The molecule has 1 aromatic carbocycles. The van der Waals surface area contributed by atoms with Crippen LogP contribution in [0.15, 0.2) is 46.1 Å². The van der Waals surface area contributed by atoms with Crippen molar-refractivity contribution >= 4 is 29.9 Å². The largest absolute Gasteiger partial charge is 0.491 e. The van der Waals surface area contributed by atoms with E-state index in [0.29, 0.717) is 19.1 Å². The third kappa shape index (κ3) is 7.16. The molecule has 1 aromatic heterocycles. The molecule has 3 rings (SSSR count). The van der Waals surface area contributed by atoms with Crippen molar-refractivity contribution in [1.29, 1.82) is 0 Å². The molecule has 0 atom stereocenters. The molecule has 166 valence electrons. The quantitative estimate of drug-likeness (QED) is 0.245. The van der Waals surface area contributed by atoms with Crippen molar-refractivity contribution in [2.75, 3.05) is 45.9 Å². The van der Waals surface area contributed by atoms with Crippen LogP contribution in [-0.2, 0) is 6.54 Å². The maximum Gasteiger partial charge on any atom is 0.194 e. The Hall–Kier alpha value is -1.81. The van der Waals surface area contributed by atoms with Crippen LogP contribution in [0.5, 0.6) is 5.75 Å². The lowest BCUT2D eigenvalue weighted by Gasteiger charge is -2.36. The van der Waals surface area contributed by atoms with Crippen molar-refractivity contribution in [2.24, 2.45) is 4.99 Å². The summed E-state index contributed by atoms with van der Waals surface area (Å²) in [5.41, 5.74) is 2.23. The van der Waals surface area contributed by atoms with Gasteiger partial charge >= 0.3 is 0 Å². The zero-order chi connectivity index (χ0) is 20.5. The average molecular weight is 527 g/mol. The molecule has 1 fully saturated rings. The second-order valence-corrected chi connectivity index (χ2v) is 7.53. The highest BCUT2D eigenvalue weighted by atomic mass is 127. The Morgan fingerprint density at radius 3 is 2.63 bits per heavy atom. The Bertz CT molecular complexity index is 759. The van der Waals surface area contributed by atoms with Gasteiger partial charge in [0.05, 0.1) is 12.2 Å². The smallest absolute Gasteiger partial charge is 0.194 e. The molecule has 2 heterocycles. The summed E-state index contributed by atoms with van der Waals surface area (Å²) in [6.07, 6.45) is 1.63. The van der Waals surface area contributed by atoms with Crippen LogP contribution >= 0.6 is 24.0 Å². The molecule has 0 saturated carbocycles. The second-order valence-electron chi connectivity index (χ2n) is 7.53. The van der Waals surface area contributed by atoms with Crippen LogP contribution < -0.4 is 10.1 Å². The predicted octanol–water partition coefficient (Wildman–Crippen LogP) is 3.58. The summed E-state index contributed by atoms with van der Waals surface area (Å²) in [7, 11) is 0. The molecular weight excluding hydrogens is 493 g/mol. The fraction of sp³-hybridized carbons (Fsp3) is 0.545. The second kappa shape index (κ2) is 12.8. The van der Waals surface area contributed by atoms with Crippen molar-refractivity contribution < 1.29 is 9.26 Å². The molecule has 1 N–H and O–H groups in total. The molecule has 30 heavy (non-hydrogen) atoms. The van der Waals surface area contributed by atoms with E-state index >= 15 is 0 Å². The Morgan fingerprint density at radius 2 is 1.97 bits per heavy atom. The zero-order valence-corrected chi connectivity index (χ0v) is 20.5. The maximum absolute atomic E-state index is 6.01. The fourth-order valence-corrected chi connectivity index (χ4v) is 3.49. The number of nitrogens with zero attached hydrogens (tertiary/aromatic N) is 4. The lowest BCUT2D eigenvalue weighted by molar-refractivity contribution is 0.169. The summed E-state index contributed by atoms with van der Waals surface area (Å²) in [4.78, 5) is 9.51. The van der Waals surface area contributed by atoms with E-state index < -0.39 is 0 Å². The lowest BCUT2D eigenvalue weighted by atomic mass is 10.0. The first-order valence-electron chi connectivity index (χ1n) is 10.5. The summed E-state index contributed by atoms with van der Waals surface area (Å²) in [6.45, 7) is 13.2. The van der Waals surface area contributed by atoms with Gasteiger partial charge in [0.2, 0.25) is 0 Å². The molecule has 2 aromatic rings. The van der Waals surface area contributed by atoms with Gasteiger partial charge in [-0.05, 0) is 24.5 Å². The topological polar surface area (TPSA) is 66.1 Å². The average Bonchev–Trinajstić information content (AvgIpc) is 3.24. The molecule has 0 aliphatic carbocycles. The van der Waals surface area contributed by atoms with Crippen LogP contribution in [0, 0.1) is 0 Å². The molecule has 0 unspecified atom stereocenters. The third-order valence-corrected chi connectivity index (χ3v) is 5.04. The van der Waals surface area contributed by atoms with Gasteiger partial charge in [-0.15, -0.1) is 24.0 Å². The van der Waals surface area contributed by atoms with Crippen molar-refractivity contribution in [3.63, 3.8) is 0 Å². The summed E-state index contributed by atoms with van der Waals surface area (Å²) in [5, 5.41) is 7.42. The summed E-state index contributed by atoms with van der Waals surface area (Å²) in [6, 6.07) is 10.2. The molecule has 1 saturated heterocycles. The minimum absolute atomic E-state index is 0. The molecule has 8 heteroatoms. The van der Waals surface area contributed by atoms with Crippen LogP contribution in [-0.4, -0.2) is 66.8 Å². The number of aromatic nitrogens is 1. The van der Waals surface area contributed by atoms with Crippen LogP contribution in [0.2, 0.25) is 0 Å². The van der Waals surface area contributed by atoms with Gasteiger partial charge in [-0.3, -0.25) is 4.90 Å². The van der Waals surface area contributed by atoms with Crippen LogP contribution in [0.25, 0.3) is 0 Å². The number of hydrogen-bond acceptors (Lipinski definition) is 5. The monoisotopic (exact) mass is 527 g/mol. The number of guanidine groups is 1. The first-order chi connectivity index (χ1) is 14.2. The predicted molar refractivity (Wildman–Crippen MR) is 131 cm³/mol. The molecule has 1 aliphatic rings. The minimum atomic E-state index is 0. The number of aliphatic imine (C=N–C) groups is 1. The Labute approximate surface area is 196 Å². The highest BCUT2D eigenvalue weighted by Crippen LogP contribution is 2.25. The summed E-state index contributed by atoms with van der Waals surface area (Å²) in [5.74, 6) is 2.37. The van der Waals surface area contributed by atoms with Gasteiger partial charge < -0.3 is 19.5 Å². The van der Waals surface area contributed by atoms with Crippen LogP contribution in [0.4, 0.5) is 0 Å². The number of piperazine rings is 1. The molecular formula is C22H34IN5O2. The van der Waals surface area contributed by atoms with E-state index in [2.05, 4.69) is 53.2 Å². The van der Waals surface area contributed by atoms with E-state index in [1.165, 1.54) is 5.56 Å². The van der Waals surface area contributed by atoms with Crippen molar-refractivity contribution in [1.82, 2.24) is 20.3 Å². The van der Waals surface area contributed by atoms with E-state index in [9.17, 15) is 0 Å². The Balaban J connectivity index is 0.00000320. The molecule has 0 spiro atoms. The van der Waals surface area contributed by atoms with Crippen LogP contribution in [0.3, 0.4) is 0 Å². The third-order valence-electron chi connectivity index (χ3n) is 5.04. The number of para-hydroxylation sites is 1. The number of rotatable bonds is 8. The van der Waals surface area contributed by atoms with E-state index in [0.717, 1.165) is 56.7 Å². The maximum atomic E-state index is 6.01. The van der Waals surface area contributed by atoms with E-state index in [1.54, 1.807) is 6.26 Å². The highest BCUT2D eigenvalue weighted by molar-refractivity contribution is 14.0. The van der Waals surface area contributed by atoms with Gasteiger partial charge in [-0.1, -0.05) is 37.2 Å². The van der Waals surface area contributed by atoms with E-state index in [-0.39, 0.29) is 24.0 Å². The number of nitrogens with one attached hydrogen (secondary N) is 1. The molecule has 1 aliphatic heterocycles. The molecule has 0 bridgehead atoms. The summed E-state index contributed by atoms with van der Waals surface area (Å²) < 4.78 is 10.9. The first-order valence-corrected chi connectivity index (χ1v) is 10.5. The van der Waals surface area contributed by atoms with Gasteiger partial charge in [0.1, 0.15) is 18.6 Å². The van der Waals surface area contributed by atoms with Crippen LogP contribution in [0.1, 0.15) is 37.9 Å². The number of ether oxygens (including phenoxy) is 1. The zero-order valence-electron chi connectivity index (χ0n) is 18.2. The minimum Gasteiger partial charge on any atom is -0.491 e. The van der Waals surface area contributed by atoms with Crippen molar-refractivity contribution in [3.05, 3.63) is 47.9 Å². The van der Waals surface area contributed by atoms with E-state index in [4.69, 9.17) is 14.3 Å². The van der Waals surface area contributed by atoms with Gasteiger partial charge in [0.25, 0.3) is 0 Å². The fourth-order valence-electron chi connectivity index (χ4n) is 3.49. The number of benzene rings is 1. The van der Waals surface area contributed by atoms with Gasteiger partial charge in [-0.2, -0.15) is 0 Å². The van der Waals surface area contributed by atoms with Gasteiger partial charge in [-0.25, -0.2) is 4.99 Å². The number of halogens is 1.